The molecule has 0 aliphatic carbocycles. The molecule has 0 amide bonds. The normalized spacial score (nSPS) is 20.2. The third-order valence-corrected chi connectivity index (χ3v) is 14.6. The summed E-state index contributed by atoms with van der Waals surface area (Å²) < 4.78 is 23.2. The van der Waals surface area contributed by atoms with E-state index in [1.54, 1.807) is 0 Å². The van der Waals surface area contributed by atoms with Crippen molar-refractivity contribution >= 4 is 63.3 Å². The average molecular weight is 822 g/mol. The first-order chi connectivity index (χ1) is 30.3. The van der Waals surface area contributed by atoms with Crippen LogP contribution in [0.15, 0.2) is 127 Å². The van der Waals surface area contributed by atoms with E-state index in [1.807, 2.05) is 13.8 Å². The Morgan fingerprint density at radius 3 is 1.67 bits per heavy atom. The minimum atomic E-state index is -0.160. The number of hydrogen-bond acceptors (Lipinski definition) is 5. The van der Waals surface area contributed by atoms with Gasteiger partial charge in [-0.2, -0.15) is 0 Å². The lowest BCUT2D eigenvalue weighted by Crippen LogP contribution is -2.63. The van der Waals surface area contributed by atoms with Gasteiger partial charge in [0.2, 0.25) is 26.0 Å². The first-order valence-electron chi connectivity index (χ1n) is 22.7. The molecule has 6 aliphatic heterocycles. The molecule has 5 nitrogen and oxygen atoms in total. The zero-order valence-corrected chi connectivity index (χ0v) is 37.2. The van der Waals surface area contributed by atoms with Crippen LogP contribution in [-0.2, 0) is 20.3 Å². The zero-order valence-electron chi connectivity index (χ0n) is 37.2. The van der Waals surface area contributed by atoms with E-state index >= 15 is 0 Å². The van der Waals surface area contributed by atoms with Crippen molar-refractivity contribution in [2.75, 3.05) is 4.90 Å². The predicted octanol–water partition coefficient (Wildman–Crippen LogP) is 8.95. The summed E-state index contributed by atoms with van der Waals surface area (Å²) in [7, 11) is 0. The Hall–Kier alpha value is -6.01. The Balaban J connectivity index is 1.02. The van der Waals surface area contributed by atoms with E-state index < -0.39 is 0 Å². The molecule has 2 fully saturated rings. The summed E-state index contributed by atoms with van der Waals surface area (Å²) in [4.78, 5) is 2.66. The molecule has 0 N–H and O–H groups in total. The number of ether oxygens (including phenoxy) is 4. The average Bonchev–Trinajstić information content (AvgIpc) is 4.08. The van der Waals surface area contributed by atoms with Gasteiger partial charge in [-0.25, -0.2) is 0 Å². The Morgan fingerprint density at radius 2 is 1.05 bits per heavy atom. The smallest absolute Gasteiger partial charge is 0.248 e. The van der Waals surface area contributed by atoms with Crippen LogP contribution >= 0.6 is 0 Å². The number of anilines is 3. The maximum atomic E-state index is 6.10. The Kier molecular flexibility index (Phi) is 7.63. The highest BCUT2D eigenvalue weighted by Gasteiger charge is 2.50. The van der Waals surface area contributed by atoms with Crippen LogP contribution in [0.25, 0.3) is 44.5 Å². The highest BCUT2D eigenvalue weighted by Crippen LogP contribution is 2.48. The van der Waals surface area contributed by atoms with E-state index in [1.165, 1.54) is 105 Å². The molecule has 7 aromatic carbocycles. The lowest BCUT2D eigenvalue weighted by atomic mass is 9.32. The van der Waals surface area contributed by atoms with Gasteiger partial charge in [-0.1, -0.05) is 143 Å². The molecule has 0 radical (unpaired) electrons. The topological polar surface area (TPSA) is 46.8 Å². The van der Waals surface area contributed by atoms with Crippen molar-refractivity contribution in [1.82, 2.24) is 0 Å². The van der Waals surface area contributed by atoms with E-state index in [2.05, 4.69) is 174 Å². The van der Waals surface area contributed by atoms with E-state index in [0.29, 0.717) is 0 Å². The number of para-hydroxylation sites is 1. The van der Waals surface area contributed by atoms with Gasteiger partial charge in [0.05, 0.1) is 0 Å². The number of nitrogens with zero attached hydrogens (tertiary/aromatic N) is 1. The number of hydrogen-bond donors (Lipinski definition) is 0. The van der Waals surface area contributed by atoms with Gasteiger partial charge in [0.1, 0.15) is 23.7 Å². The molecule has 6 heterocycles. The van der Waals surface area contributed by atoms with Crippen LogP contribution < -0.4 is 47.2 Å². The summed E-state index contributed by atoms with van der Waals surface area (Å²) in [5, 5.41) is 0. The number of epoxide rings is 2. The zero-order chi connectivity index (χ0) is 42.8. The van der Waals surface area contributed by atoms with E-state index in [-0.39, 0.29) is 49.0 Å². The van der Waals surface area contributed by atoms with Crippen molar-refractivity contribution in [2.24, 2.45) is 0 Å². The highest BCUT2D eigenvalue weighted by atomic mass is 16.8. The van der Waals surface area contributed by atoms with Gasteiger partial charge in [0.15, 0.2) is 0 Å². The molecule has 4 unspecified atom stereocenters. The summed E-state index contributed by atoms with van der Waals surface area (Å²) in [6.07, 6.45) is -0.0197. The Labute approximate surface area is 371 Å². The van der Waals surface area contributed by atoms with Crippen LogP contribution in [0.5, 0.6) is 11.5 Å². The molecule has 7 heteroatoms. The molecule has 7 aromatic rings. The van der Waals surface area contributed by atoms with Crippen molar-refractivity contribution in [1.29, 1.82) is 0 Å². The molecule has 63 heavy (non-hydrogen) atoms. The van der Waals surface area contributed by atoms with Crippen molar-refractivity contribution in [3.63, 3.8) is 0 Å². The van der Waals surface area contributed by atoms with Gasteiger partial charge in [-0.05, 0) is 139 Å². The molecule has 0 spiro atoms. The van der Waals surface area contributed by atoms with Gasteiger partial charge in [-0.15, -0.1) is 0 Å². The fourth-order valence-electron chi connectivity index (χ4n) is 11.0. The van der Waals surface area contributed by atoms with Crippen LogP contribution in [0, 0.1) is 0 Å². The molecule has 4 atom stereocenters. The quantitative estimate of drug-likeness (QED) is 0.124. The fourth-order valence-corrected chi connectivity index (χ4v) is 11.0. The molecule has 0 bridgehead atoms. The maximum Gasteiger partial charge on any atom is 0.248 e. The van der Waals surface area contributed by atoms with Crippen LogP contribution in [-0.4, -0.2) is 38.2 Å². The molecule has 0 aromatic heterocycles. The molecule has 13 rings (SSSR count). The van der Waals surface area contributed by atoms with Crippen LogP contribution in [0.4, 0.5) is 17.1 Å². The Bertz CT molecular complexity index is 3110. The minimum absolute atomic E-state index is 0.00151. The lowest BCUT2D eigenvalue weighted by molar-refractivity contribution is 0.178. The summed E-state index contributed by atoms with van der Waals surface area (Å²) in [5.41, 5.74) is 25.1. The van der Waals surface area contributed by atoms with Crippen molar-refractivity contribution < 1.29 is 18.9 Å². The maximum absolute atomic E-state index is 6.10. The van der Waals surface area contributed by atoms with Crippen LogP contribution in [0.3, 0.4) is 0 Å². The number of rotatable bonds is 6. The van der Waals surface area contributed by atoms with Crippen molar-refractivity contribution in [3.8, 4) is 56.0 Å². The van der Waals surface area contributed by atoms with E-state index in [4.69, 9.17) is 18.9 Å². The highest BCUT2D eigenvalue weighted by molar-refractivity contribution is 7.05. The second kappa shape index (κ2) is 12.8. The van der Waals surface area contributed by atoms with Gasteiger partial charge in [0.25, 0.3) is 0 Å². The van der Waals surface area contributed by atoms with Crippen molar-refractivity contribution in [2.45, 2.75) is 91.0 Å². The van der Waals surface area contributed by atoms with Crippen LogP contribution in [0.1, 0.15) is 66.5 Å². The largest absolute Gasteiger partial charge is 0.462 e. The standard InChI is InChI=1S/C56H49B2NO4/c1-30-53(60-30)62-37-18-12-32(13-19-37)34-16-22-40-41-28-36(56(6,7)8)29-48-50(41)58(46(40)26-34)45-11-9-10-44-52(45)59(48)47-25-23-39(33-14-20-38(21-15-33)63-54-31(2)61-54)49-42-27-35(55(3,4)5)17-24-43(42)57(44)51(47)49/h9-31,53-54H,1-8H3. The van der Waals surface area contributed by atoms with Gasteiger partial charge >= 0.3 is 0 Å². The van der Waals surface area contributed by atoms with Crippen molar-refractivity contribution in [3.05, 3.63) is 139 Å². The predicted molar refractivity (Wildman–Crippen MR) is 260 cm³/mol. The first-order valence-corrected chi connectivity index (χ1v) is 22.7. The fraction of sp³-hybridized carbons (Fsp3) is 0.250. The molecule has 2 saturated heterocycles. The Morgan fingerprint density at radius 1 is 0.476 bits per heavy atom. The number of benzene rings is 7. The van der Waals surface area contributed by atoms with E-state index in [9.17, 15) is 0 Å². The monoisotopic (exact) mass is 821 g/mol. The summed E-state index contributed by atoms with van der Waals surface area (Å²) in [6.45, 7) is 18.3. The second-order valence-electron chi connectivity index (χ2n) is 20.7. The molecule has 0 saturated carbocycles. The SMILES string of the molecule is CC1OC1Oc1ccc(-c2ccc3c(c2)B2c4cccc5c4N(c4cc(C(C)(C)C)cc-3c42)c2ccc(-c3ccc(OC4OC4C)cc3)c3c2B5c2ccc(C(C)(C)C)cc2-3)cc1. The van der Waals surface area contributed by atoms with Gasteiger partial charge in [-0.3, -0.25) is 0 Å². The molecular formula is C56H49B2NO4. The lowest BCUT2D eigenvalue weighted by Gasteiger charge is -2.43. The molecule has 308 valence electrons. The first kappa shape index (κ1) is 37.5. The molecular weight excluding hydrogens is 772 g/mol. The molecule has 6 aliphatic rings. The third kappa shape index (κ3) is 5.58. The third-order valence-electron chi connectivity index (χ3n) is 14.6. The number of fused-ring (bicyclic) bond motifs is 10. The summed E-state index contributed by atoms with van der Waals surface area (Å²) in [6, 6.07) is 48.6. The van der Waals surface area contributed by atoms with E-state index in [0.717, 1.165) is 11.5 Å². The summed E-state index contributed by atoms with van der Waals surface area (Å²) >= 11 is 0. The van der Waals surface area contributed by atoms with Gasteiger partial charge < -0.3 is 23.8 Å². The minimum Gasteiger partial charge on any atom is -0.462 e. The van der Waals surface area contributed by atoms with Gasteiger partial charge in [0, 0.05) is 17.1 Å². The second-order valence-corrected chi connectivity index (χ2v) is 20.7. The van der Waals surface area contributed by atoms with Crippen LogP contribution in [0.2, 0.25) is 0 Å². The summed E-state index contributed by atoms with van der Waals surface area (Å²) in [5.74, 6) is 1.67.